The topological polar surface area (TPSA) is 46.5 Å². The second-order valence-electron chi connectivity index (χ2n) is 6.22. The summed E-state index contributed by atoms with van der Waals surface area (Å²) in [6, 6.07) is 21.0. The number of hydrogen-bond donors (Lipinski definition) is 1. The van der Waals surface area contributed by atoms with E-state index in [0.717, 1.165) is 12.1 Å². The molecule has 0 spiro atoms. The van der Waals surface area contributed by atoms with Gasteiger partial charge in [0.15, 0.2) is 0 Å². The zero-order chi connectivity index (χ0) is 20.2. The number of carbonyl (C=O) groups excluding carboxylic acids is 1. The van der Waals surface area contributed by atoms with Crippen molar-refractivity contribution < 1.29 is 27.8 Å². The molecule has 0 saturated heterocycles. The van der Waals surface area contributed by atoms with Crippen LogP contribution in [0, 0.1) is 0 Å². The molecule has 0 aromatic heterocycles. The summed E-state index contributed by atoms with van der Waals surface area (Å²) >= 11 is 0. The Morgan fingerprint density at radius 3 is 1.79 bits per heavy atom. The van der Waals surface area contributed by atoms with Gasteiger partial charge in [-0.05, 0) is 28.8 Å². The first-order valence-electron chi connectivity index (χ1n) is 8.48. The van der Waals surface area contributed by atoms with E-state index < -0.39 is 29.9 Å². The number of rotatable bonds is 5. The predicted molar refractivity (Wildman–Crippen MR) is 97.1 cm³/mol. The zero-order valence-electron chi connectivity index (χ0n) is 14.7. The molecule has 0 bridgehead atoms. The van der Waals surface area contributed by atoms with Crippen LogP contribution in [0.4, 0.5) is 13.2 Å². The van der Waals surface area contributed by atoms with Gasteiger partial charge < -0.3 is 9.84 Å². The smallest absolute Gasteiger partial charge is 0.416 e. The first kappa shape index (κ1) is 19.6. The number of esters is 1. The van der Waals surface area contributed by atoms with E-state index in [1.807, 2.05) is 0 Å². The third kappa shape index (κ3) is 4.07. The van der Waals surface area contributed by atoms with E-state index in [1.165, 1.54) is 12.1 Å². The van der Waals surface area contributed by atoms with Gasteiger partial charge in [-0.3, -0.25) is 0 Å². The van der Waals surface area contributed by atoms with Crippen molar-refractivity contribution in [3.63, 3.8) is 0 Å². The highest BCUT2D eigenvalue weighted by molar-refractivity contribution is 5.85. The van der Waals surface area contributed by atoms with E-state index >= 15 is 0 Å². The minimum absolute atomic E-state index is 0.173. The van der Waals surface area contributed by atoms with E-state index in [1.54, 1.807) is 60.7 Å². The van der Waals surface area contributed by atoms with Gasteiger partial charge in [-0.25, -0.2) is 4.79 Å². The second kappa shape index (κ2) is 7.86. The van der Waals surface area contributed by atoms with Crippen LogP contribution >= 0.6 is 0 Å². The Hall–Kier alpha value is -3.12. The highest BCUT2D eigenvalue weighted by Gasteiger charge is 2.41. The van der Waals surface area contributed by atoms with Crippen molar-refractivity contribution >= 4 is 5.97 Å². The maximum Gasteiger partial charge on any atom is 0.416 e. The first-order chi connectivity index (χ1) is 13.3. The van der Waals surface area contributed by atoms with Crippen LogP contribution < -0.4 is 0 Å². The molecule has 0 amide bonds. The van der Waals surface area contributed by atoms with Crippen LogP contribution in [-0.4, -0.2) is 11.1 Å². The van der Waals surface area contributed by atoms with Gasteiger partial charge in [-0.2, -0.15) is 13.2 Å². The minimum Gasteiger partial charge on any atom is -0.458 e. The fourth-order valence-electron chi connectivity index (χ4n) is 2.85. The first-order valence-corrected chi connectivity index (χ1v) is 8.48. The Balaban J connectivity index is 1.88. The fourth-order valence-corrected chi connectivity index (χ4v) is 2.85. The van der Waals surface area contributed by atoms with Crippen LogP contribution in [0.2, 0.25) is 0 Å². The lowest BCUT2D eigenvalue weighted by Crippen LogP contribution is -2.38. The molecule has 0 unspecified atom stereocenters. The Morgan fingerprint density at radius 1 is 0.786 bits per heavy atom. The molecule has 0 aliphatic carbocycles. The number of ether oxygens (including phenoxy) is 1. The summed E-state index contributed by atoms with van der Waals surface area (Å²) in [6.45, 7) is -0.398. The summed E-state index contributed by atoms with van der Waals surface area (Å²) in [5.41, 5.74) is -2.14. The van der Waals surface area contributed by atoms with E-state index in [2.05, 4.69) is 0 Å². The molecule has 0 aliphatic rings. The van der Waals surface area contributed by atoms with Gasteiger partial charge >= 0.3 is 12.1 Å². The van der Waals surface area contributed by atoms with E-state index in [4.69, 9.17) is 4.74 Å². The molecule has 3 rings (SSSR count). The van der Waals surface area contributed by atoms with Crippen molar-refractivity contribution in [2.75, 3.05) is 0 Å². The van der Waals surface area contributed by atoms with Gasteiger partial charge in [-0.15, -0.1) is 0 Å². The highest BCUT2D eigenvalue weighted by atomic mass is 19.4. The van der Waals surface area contributed by atoms with Gasteiger partial charge in [-0.1, -0.05) is 72.8 Å². The quantitative estimate of drug-likeness (QED) is 0.648. The number of aliphatic hydroxyl groups is 1. The summed E-state index contributed by atoms with van der Waals surface area (Å²) in [6.07, 6.45) is -4.49. The second-order valence-corrected chi connectivity index (χ2v) is 6.22. The van der Waals surface area contributed by atoms with Gasteiger partial charge in [0.05, 0.1) is 5.56 Å². The zero-order valence-corrected chi connectivity index (χ0v) is 14.7. The van der Waals surface area contributed by atoms with Crippen LogP contribution in [0.15, 0.2) is 84.9 Å². The number of alkyl halides is 3. The maximum absolute atomic E-state index is 12.9. The van der Waals surface area contributed by atoms with Crippen molar-refractivity contribution in [2.24, 2.45) is 0 Å². The minimum atomic E-state index is -4.49. The van der Waals surface area contributed by atoms with Crippen molar-refractivity contribution in [3.8, 4) is 0 Å². The number of halogens is 3. The lowest BCUT2D eigenvalue weighted by molar-refractivity contribution is -0.163. The highest BCUT2D eigenvalue weighted by Crippen LogP contribution is 2.32. The predicted octanol–water partition coefficient (Wildman–Crippen LogP) is 4.68. The lowest BCUT2D eigenvalue weighted by Gasteiger charge is -2.27. The Morgan fingerprint density at radius 2 is 1.29 bits per heavy atom. The summed E-state index contributed by atoms with van der Waals surface area (Å²) in [5, 5.41) is 11.2. The van der Waals surface area contributed by atoms with Crippen molar-refractivity contribution in [1.82, 2.24) is 0 Å². The third-order valence-corrected chi connectivity index (χ3v) is 4.30. The molecule has 3 aromatic rings. The van der Waals surface area contributed by atoms with E-state index in [-0.39, 0.29) is 5.56 Å². The van der Waals surface area contributed by atoms with Gasteiger partial charge in [0, 0.05) is 0 Å². The normalized spacial score (nSPS) is 11.9. The average Bonchev–Trinajstić information content (AvgIpc) is 2.72. The van der Waals surface area contributed by atoms with Gasteiger partial charge in [0.1, 0.15) is 6.61 Å². The molecule has 0 aliphatic heterocycles. The Labute approximate surface area is 160 Å². The summed E-state index contributed by atoms with van der Waals surface area (Å²) < 4.78 is 43.8. The Kier molecular flexibility index (Phi) is 5.51. The van der Waals surface area contributed by atoms with Crippen molar-refractivity contribution in [2.45, 2.75) is 18.4 Å². The largest absolute Gasteiger partial charge is 0.458 e. The average molecular weight is 386 g/mol. The summed E-state index contributed by atoms with van der Waals surface area (Å²) in [5.74, 6) is -0.970. The molecule has 0 fully saturated rings. The molecular weight excluding hydrogens is 369 g/mol. The molecule has 0 saturated carbocycles. The van der Waals surface area contributed by atoms with E-state index in [9.17, 15) is 23.1 Å². The molecule has 6 heteroatoms. The van der Waals surface area contributed by atoms with Crippen LogP contribution in [0.3, 0.4) is 0 Å². The molecule has 0 heterocycles. The monoisotopic (exact) mass is 386 g/mol. The standard InChI is InChI=1S/C22H17F3O3/c23-22(24,25)19-13-7-8-16(14-19)15-28-20(26)21(27,17-9-3-1-4-10-17)18-11-5-2-6-12-18/h1-14,27H,15H2. The van der Waals surface area contributed by atoms with Crippen LogP contribution in [0.5, 0.6) is 0 Å². The third-order valence-electron chi connectivity index (χ3n) is 4.30. The molecule has 3 nitrogen and oxygen atoms in total. The van der Waals surface area contributed by atoms with Crippen molar-refractivity contribution in [1.29, 1.82) is 0 Å². The SMILES string of the molecule is O=C(OCc1cccc(C(F)(F)F)c1)C(O)(c1ccccc1)c1ccccc1. The lowest BCUT2D eigenvalue weighted by atomic mass is 9.86. The molecule has 3 aromatic carbocycles. The molecule has 28 heavy (non-hydrogen) atoms. The molecule has 1 N–H and O–H groups in total. The molecule has 0 radical (unpaired) electrons. The van der Waals surface area contributed by atoms with Crippen molar-refractivity contribution in [3.05, 3.63) is 107 Å². The summed E-state index contributed by atoms with van der Waals surface area (Å²) in [4.78, 5) is 12.8. The maximum atomic E-state index is 12.9. The number of benzene rings is 3. The molecule has 0 atom stereocenters. The van der Waals surface area contributed by atoms with Gasteiger partial charge in [0.2, 0.25) is 5.60 Å². The fraction of sp³-hybridized carbons (Fsp3) is 0.136. The van der Waals surface area contributed by atoms with Crippen LogP contribution in [-0.2, 0) is 27.9 Å². The number of carbonyl (C=O) groups is 1. The number of hydrogen-bond acceptors (Lipinski definition) is 3. The molecular formula is C22H17F3O3. The van der Waals surface area contributed by atoms with Crippen LogP contribution in [0.25, 0.3) is 0 Å². The Bertz CT molecular complexity index is 899. The molecule has 144 valence electrons. The summed E-state index contributed by atoms with van der Waals surface area (Å²) in [7, 11) is 0. The van der Waals surface area contributed by atoms with Gasteiger partial charge in [0.25, 0.3) is 0 Å². The van der Waals surface area contributed by atoms with E-state index in [0.29, 0.717) is 11.1 Å². The van der Waals surface area contributed by atoms with Crippen LogP contribution in [0.1, 0.15) is 22.3 Å².